The summed E-state index contributed by atoms with van der Waals surface area (Å²) < 4.78 is 0. The van der Waals surface area contributed by atoms with Gasteiger partial charge in [0.25, 0.3) is 0 Å². The van der Waals surface area contributed by atoms with Crippen LogP contribution in [0, 0.1) is 0 Å². The first kappa shape index (κ1) is 36.3. The van der Waals surface area contributed by atoms with E-state index in [9.17, 15) is 0 Å². The van der Waals surface area contributed by atoms with Crippen LogP contribution >= 0.6 is 0 Å². The van der Waals surface area contributed by atoms with Crippen LogP contribution in [-0.4, -0.2) is 15.0 Å². The number of aromatic nitrogens is 3. The van der Waals surface area contributed by atoms with Gasteiger partial charge in [-0.15, -0.1) is 0 Å². The van der Waals surface area contributed by atoms with E-state index in [-0.39, 0.29) is 0 Å². The minimum Gasteiger partial charge on any atom is -0.246 e. The molecule has 0 bridgehead atoms. The lowest BCUT2D eigenvalue weighted by molar-refractivity contribution is 1.18. The highest BCUT2D eigenvalue weighted by atomic mass is 14.9. The summed E-state index contributed by atoms with van der Waals surface area (Å²) in [6, 6.07) is 82.8. The molecule has 0 amide bonds. The summed E-state index contributed by atoms with van der Waals surface area (Å²) in [6.45, 7) is 0. The molecule has 0 N–H and O–H groups in total. The summed E-state index contributed by atoms with van der Waals surface area (Å²) in [5, 5.41) is 0. The molecule has 282 valence electrons. The van der Waals surface area contributed by atoms with Gasteiger partial charge in [-0.2, -0.15) is 0 Å². The summed E-state index contributed by atoms with van der Waals surface area (Å²) in [5.41, 5.74) is 17.7. The summed E-state index contributed by atoms with van der Waals surface area (Å²) in [7, 11) is 0. The lowest BCUT2D eigenvalue weighted by Crippen LogP contribution is -2.01. The number of hydrogen-bond acceptors (Lipinski definition) is 3. The molecule has 0 saturated carbocycles. The second kappa shape index (κ2) is 16.5. The number of pyridine rings is 1. The predicted octanol–water partition coefficient (Wildman–Crippen LogP) is 14.9. The Morgan fingerprint density at radius 2 is 0.533 bits per heavy atom. The van der Waals surface area contributed by atoms with Crippen LogP contribution in [0.2, 0.25) is 0 Å². The smallest absolute Gasteiger partial charge is 0.160 e. The van der Waals surface area contributed by atoms with Gasteiger partial charge in [0.15, 0.2) is 5.82 Å². The fourth-order valence-corrected chi connectivity index (χ4v) is 8.01. The van der Waals surface area contributed by atoms with Crippen LogP contribution in [0.1, 0.15) is 0 Å². The fourth-order valence-electron chi connectivity index (χ4n) is 8.01. The molecule has 2 aromatic heterocycles. The molecule has 0 atom stereocenters. The Hall–Kier alpha value is -8.01. The zero-order valence-corrected chi connectivity index (χ0v) is 32.9. The minimum atomic E-state index is 0.687. The van der Waals surface area contributed by atoms with E-state index >= 15 is 0 Å². The molecule has 0 aliphatic rings. The number of hydrogen-bond donors (Lipinski definition) is 0. The SMILES string of the molecule is c1ccc(-c2cc(-c3ccccc3)nc(-c3cccc(-c4ccc(-c5c(-c6ccccc6)c(-c6ccccc6)nc(-c6ccccc6)c5-c5ccccc5)cc4)c3)n2)cc1. The number of benzene rings is 8. The molecule has 0 aliphatic heterocycles. The van der Waals surface area contributed by atoms with Crippen molar-refractivity contribution in [3.63, 3.8) is 0 Å². The van der Waals surface area contributed by atoms with Crippen molar-refractivity contribution in [1.82, 2.24) is 15.0 Å². The molecule has 10 aromatic rings. The zero-order valence-electron chi connectivity index (χ0n) is 32.9. The van der Waals surface area contributed by atoms with E-state index in [1.807, 2.05) is 36.4 Å². The third-order valence-corrected chi connectivity index (χ3v) is 10.9. The summed E-state index contributed by atoms with van der Waals surface area (Å²) in [5.74, 6) is 0.687. The number of nitrogens with zero attached hydrogens (tertiary/aromatic N) is 3. The third kappa shape index (κ3) is 7.32. The van der Waals surface area contributed by atoms with E-state index < -0.39 is 0 Å². The van der Waals surface area contributed by atoms with Crippen molar-refractivity contribution in [3.8, 4) is 101 Å². The van der Waals surface area contributed by atoms with Crippen molar-refractivity contribution in [2.24, 2.45) is 0 Å². The van der Waals surface area contributed by atoms with Crippen LogP contribution in [0.15, 0.2) is 237 Å². The lowest BCUT2D eigenvalue weighted by atomic mass is 9.83. The summed E-state index contributed by atoms with van der Waals surface area (Å²) in [6.07, 6.45) is 0. The van der Waals surface area contributed by atoms with Crippen molar-refractivity contribution in [1.29, 1.82) is 0 Å². The second-order valence-electron chi connectivity index (χ2n) is 14.8. The molecule has 0 spiro atoms. The molecule has 0 unspecified atom stereocenters. The van der Waals surface area contributed by atoms with Gasteiger partial charge in [-0.1, -0.05) is 224 Å². The predicted molar refractivity (Wildman–Crippen MR) is 249 cm³/mol. The highest BCUT2D eigenvalue weighted by Gasteiger charge is 2.25. The Balaban J connectivity index is 1.15. The Morgan fingerprint density at radius 1 is 0.200 bits per heavy atom. The summed E-state index contributed by atoms with van der Waals surface area (Å²) in [4.78, 5) is 15.8. The maximum atomic E-state index is 5.59. The van der Waals surface area contributed by atoms with E-state index in [1.165, 1.54) is 0 Å². The van der Waals surface area contributed by atoms with E-state index in [4.69, 9.17) is 15.0 Å². The van der Waals surface area contributed by atoms with E-state index in [0.717, 1.165) is 95.1 Å². The fraction of sp³-hybridized carbons (Fsp3) is 0. The maximum Gasteiger partial charge on any atom is 0.160 e. The van der Waals surface area contributed by atoms with Gasteiger partial charge in [0, 0.05) is 44.5 Å². The van der Waals surface area contributed by atoms with Gasteiger partial charge < -0.3 is 0 Å². The minimum absolute atomic E-state index is 0.687. The van der Waals surface area contributed by atoms with Crippen molar-refractivity contribution >= 4 is 0 Å². The molecule has 10 rings (SSSR count). The molecule has 0 radical (unpaired) electrons. The monoisotopic (exact) mass is 765 g/mol. The zero-order chi connectivity index (χ0) is 40.1. The first-order valence-electron chi connectivity index (χ1n) is 20.3. The average Bonchev–Trinajstić information content (AvgIpc) is 3.35. The van der Waals surface area contributed by atoms with Crippen LogP contribution in [-0.2, 0) is 0 Å². The van der Waals surface area contributed by atoms with Gasteiger partial charge in [-0.25, -0.2) is 15.0 Å². The first-order chi connectivity index (χ1) is 29.8. The van der Waals surface area contributed by atoms with E-state index in [1.54, 1.807) is 0 Å². The Kier molecular flexibility index (Phi) is 9.97. The normalized spacial score (nSPS) is 11.0. The molecule has 3 nitrogen and oxygen atoms in total. The molecule has 0 saturated heterocycles. The van der Waals surface area contributed by atoms with Crippen LogP contribution in [0.3, 0.4) is 0 Å². The number of rotatable bonds is 9. The Morgan fingerprint density at radius 3 is 0.967 bits per heavy atom. The first-order valence-corrected chi connectivity index (χ1v) is 20.3. The van der Waals surface area contributed by atoms with Crippen LogP contribution in [0.5, 0.6) is 0 Å². The maximum absolute atomic E-state index is 5.59. The molecule has 2 heterocycles. The Bertz CT molecular complexity index is 2870. The van der Waals surface area contributed by atoms with Gasteiger partial charge in [0.05, 0.1) is 22.8 Å². The third-order valence-electron chi connectivity index (χ3n) is 10.9. The highest BCUT2D eigenvalue weighted by molar-refractivity contribution is 6.05. The van der Waals surface area contributed by atoms with Gasteiger partial charge in [-0.3, -0.25) is 0 Å². The molecular weight excluding hydrogens is 727 g/mol. The quantitative estimate of drug-likeness (QED) is 0.147. The van der Waals surface area contributed by atoms with Gasteiger partial charge in [0.2, 0.25) is 0 Å². The van der Waals surface area contributed by atoms with Gasteiger partial charge >= 0.3 is 0 Å². The molecular formula is C57H39N3. The summed E-state index contributed by atoms with van der Waals surface area (Å²) >= 11 is 0. The van der Waals surface area contributed by atoms with Crippen LogP contribution < -0.4 is 0 Å². The van der Waals surface area contributed by atoms with Gasteiger partial charge in [-0.05, 0) is 39.9 Å². The van der Waals surface area contributed by atoms with Crippen molar-refractivity contribution in [2.45, 2.75) is 0 Å². The Labute approximate surface area is 351 Å². The molecule has 3 heteroatoms. The van der Waals surface area contributed by atoms with Crippen LogP contribution in [0.4, 0.5) is 0 Å². The largest absolute Gasteiger partial charge is 0.246 e. The van der Waals surface area contributed by atoms with E-state index in [2.05, 4.69) is 200 Å². The average molecular weight is 766 g/mol. The van der Waals surface area contributed by atoms with E-state index in [0.29, 0.717) is 5.82 Å². The topological polar surface area (TPSA) is 38.7 Å². The van der Waals surface area contributed by atoms with Crippen molar-refractivity contribution in [2.75, 3.05) is 0 Å². The van der Waals surface area contributed by atoms with Gasteiger partial charge in [0.1, 0.15) is 0 Å². The second-order valence-corrected chi connectivity index (χ2v) is 14.8. The molecule has 0 aliphatic carbocycles. The lowest BCUT2D eigenvalue weighted by Gasteiger charge is -2.23. The standard InChI is InChI=1S/C57H39N3/c1-7-20-41(21-8-1)50-39-51(42-22-9-2-10-23-42)59-57(58-50)49-33-19-32-48(38-49)40-34-36-45(37-35-40)52-53(43-24-11-3-12-25-43)55(46-28-15-5-16-29-46)60-56(47-30-17-6-18-31-47)54(52)44-26-13-4-14-27-44/h1-39H. The van der Waals surface area contributed by atoms with Crippen LogP contribution in [0.25, 0.3) is 101 Å². The van der Waals surface area contributed by atoms with Crippen molar-refractivity contribution < 1.29 is 0 Å². The highest BCUT2D eigenvalue weighted by Crippen LogP contribution is 2.48. The molecule has 0 fully saturated rings. The van der Waals surface area contributed by atoms with Crippen molar-refractivity contribution in [3.05, 3.63) is 237 Å². The molecule has 60 heavy (non-hydrogen) atoms. The molecule has 8 aromatic carbocycles.